The van der Waals surface area contributed by atoms with E-state index in [1.165, 1.54) is 7.05 Å². The predicted octanol–water partition coefficient (Wildman–Crippen LogP) is 1.54. The molecule has 27 heavy (non-hydrogen) atoms. The maximum atomic E-state index is 12.3. The van der Waals surface area contributed by atoms with E-state index in [2.05, 4.69) is 4.72 Å². The Labute approximate surface area is 159 Å². The van der Waals surface area contributed by atoms with E-state index in [1.54, 1.807) is 24.3 Å². The van der Waals surface area contributed by atoms with Crippen molar-refractivity contribution >= 4 is 21.7 Å². The van der Waals surface area contributed by atoms with Crippen LogP contribution in [-0.4, -0.2) is 57.6 Å². The summed E-state index contributed by atoms with van der Waals surface area (Å²) in [6.07, 6.45) is 0. The van der Waals surface area contributed by atoms with Crippen molar-refractivity contribution in [2.45, 2.75) is 10.9 Å². The van der Waals surface area contributed by atoms with Gasteiger partial charge in [0.05, 0.1) is 5.69 Å². The summed E-state index contributed by atoms with van der Waals surface area (Å²) >= 11 is 0. The lowest BCUT2D eigenvalue weighted by atomic mass is 10.0. The lowest BCUT2D eigenvalue weighted by molar-refractivity contribution is -0.143. The molecule has 0 radical (unpaired) electrons. The number of hydrogen-bond donors (Lipinski definition) is 2. The minimum atomic E-state index is -3.56. The molecule has 1 saturated heterocycles. The molecular weight excluding hydrogens is 366 g/mol. The van der Waals surface area contributed by atoms with Crippen LogP contribution >= 0.6 is 0 Å². The van der Waals surface area contributed by atoms with Crippen molar-refractivity contribution in [3.8, 4) is 0 Å². The van der Waals surface area contributed by atoms with Gasteiger partial charge in [-0.25, -0.2) is 13.1 Å². The number of nitrogens with zero attached hydrogens (tertiary/aromatic N) is 2. The smallest absolute Gasteiger partial charge is 0.325 e. The zero-order valence-electron chi connectivity index (χ0n) is 15.1. The van der Waals surface area contributed by atoms with Crippen LogP contribution in [0, 0.1) is 0 Å². The number of para-hydroxylation sites is 1. The second-order valence-electron chi connectivity index (χ2n) is 6.35. The van der Waals surface area contributed by atoms with Gasteiger partial charge in [0, 0.05) is 26.2 Å². The molecule has 1 heterocycles. The Hall–Kier alpha value is -2.42. The average molecular weight is 389 g/mol. The Morgan fingerprint density at radius 3 is 2.19 bits per heavy atom. The number of rotatable bonds is 6. The SMILES string of the molecule is CNS(=O)(=O)c1ccccc1N1CCN(C(C(=O)O)c2ccccc2)CC1. The van der Waals surface area contributed by atoms with E-state index in [0.717, 1.165) is 5.56 Å². The summed E-state index contributed by atoms with van der Waals surface area (Å²) in [6.45, 7) is 2.15. The Bertz CT molecular complexity index is 894. The first-order chi connectivity index (χ1) is 12.9. The molecule has 1 atom stereocenters. The van der Waals surface area contributed by atoms with Gasteiger partial charge >= 0.3 is 5.97 Å². The highest BCUT2D eigenvalue weighted by Crippen LogP contribution is 2.28. The Kier molecular flexibility index (Phi) is 5.79. The van der Waals surface area contributed by atoms with Crippen LogP contribution in [0.1, 0.15) is 11.6 Å². The Balaban J connectivity index is 1.79. The van der Waals surface area contributed by atoms with Gasteiger partial charge in [0.25, 0.3) is 0 Å². The molecule has 0 spiro atoms. The first-order valence-electron chi connectivity index (χ1n) is 8.73. The molecule has 0 aromatic heterocycles. The number of carbonyl (C=O) groups is 1. The second kappa shape index (κ2) is 8.08. The van der Waals surface area contributed by atoms with Crippen molar-refractivity contribution < 1.29 is 18.3 Å². The minimum Gasteiger partial charge on any atom is -0.480 e. The zero-order valence-corrected chi connectivity index (χ0v) is 15.9. The van der Waals surface area contributed by atoms with Crippen LogP contribution in [0.25, 0.3) is 0 Å². The molecule has 2 N–H and O–H groups in total. The first kappa shape index (κ1) is 19.3. The van der Waals surface area contributed by atoms with Crippen LogP contribution in [0.2, 0.25) is 0 Å². The standard InChI is InChI=1S/C19H23N3O4S/c1-20-27(25,26)17-10-6-5-9-16(17)21-11-13-22(14-12-21)18(19(23)24)15-7-3-2-4-8-15/h2-10,18,20H,11-14H2,1H3,(H,23,24). The largest absolute Gasteiger partial charge is 0.480 e. The van der Waals surface area contributed by atoms with E-state index in [9.17, 15) is 18.3 Å². The Morgan fingerprint density at radius 1 is 1.00 bits per heavy atom. The summed E-state index contributed by atoms with van der Waals surface area (Å²) in [5.41, 5.74) is 1.38. The molecule has 0 amide bonds. The third-order valence-electron chi connectivity index (χ3n) is 4.79. The summed E-state index contributed by atoms with van der Waals surface area (Å²) in [4.78, 5) is 16.0. The molecule has 0 bridgehead atoms. The molecule has 3 rings (SSSR count). The molecule has 7 nitrogen and oxygen atoms in total. The second-order valence-corrected chi connectivity index (χ2v) is 8.20. The number of nitrogens with one attached hydrogen (secondary N) is 1. The van der Waals surface area contributed by atoms with Gasteiger partial charge in [-0.2, -0.15) is 0 Å². The Morgan fingerprint density at radius 2 is 1.59 bits per heavy atom. The van der Waals surface area contributed by atoms with Gasteiger partial charge in [-0.15, -0.1) is 0 Å². The third kappa shape index (κ3) is 4.13. The van der Waals surface area contributed by atoms with Crippen LogP contribution in [0.4, 0.5) is 5.69 Å². The van der Waals surface area contributed by atoms with Gasteiger partial charge in [0.2, 0.25) is 10.0 Å². The molecule has 1 unspecified atom stereocenters. The van der Waals surface area contributed by atoms with Crippen molar-refractivity contribution in [3.63, 3.8) is 0 Å². The van der Waals surface area contributed by atoms with Crippen LogP contribution in [0.3, 0.4) is 0 Å². The number of aliphatic carboxylic acids is 1. The molecule has 8 heteroatoms. The van der Waals surface area contributed by atoms with Crippen LogP contribution in [-0.2, 0) is 14.8 Å². The van der Waals surface area contributed by atoms with Crippen LogP contribution < -0.4 is 9.62 Å². The highest BCUT2D eigenvalue weighted by Gasteiger charge is 2.31. The lowest BCUT2D eigenvalue weighted by Gasteiger charge is -2.39. The highest BCUT2D eigenvalue weighted by atomic mass is 32.2. The number of benzene rings is 2. The van der Waals surface area contributed by atoms with Gasteiger partial charge in [0.15, 0.2) is 0 Å². The highest BCUT2D eigenvalue weighted by molar-refractivity contribution is 7.89. The summed E-state index contributed by atoms with van der Waals surface area (Å²) in [5, 5.41) is 9.70. The van der Waals surface area contributed by atoms with E-state index in [0.29, 0.717) is 31.9 Å². The normalized spacial score (nSPS) is 16.9. The van der Waals surface area contributed by atoms with Gasteiger partial charge in [-0.1, -0.05) is 42.5 Å². The van der Waals surface area contributed by atoms with Crippen LogP contribution in [0.5, 0.6) is 0 Å². The van der Waals surface area contributed by atoms with Crippen molar-refractivity contribution in [1.82, 2.24) is 9.62 Å². The van der Waals surface area contributed by atoms with E-state index in [-0.39, 0.29) is 4.90 Å². The van der Waals surface area contributed by atoms with Crippen molar-refractivity contribution in [1.29, 1.82) is 0 Å². The fraction of sp³-hybridized carbons (Fsp3) is 0.316. The number of carboxylic acids is 1. The van der Waals surface area contributed by atoms with Crippen molar-refractivity contribution in [2.75, 3.05) is 38.1 Å². The molecular formula is C19H23N3O4S. The topological polar surface area (TPSA) is 90.0 Å². The number of piperazine rings is 1. The van der Waals surface area contributed by atoms with Crippen molar-refractivity contribution in [2.24, 2.45) is 0 Å². The number of sulfonamides is 1. The quantitative estimate of drug-likeness (QED) is 0.779. The molecule has 0 saturated carbocycles. The maximum Gasteiger partial charge on any atom is 0.325 e. The molecule has 2 aromatic rings. The summed E-state index contributed by atoms with van der Waals surface area (Å²) in [7, 11) is -2.17. The average Bonchev–Trinajstić information content (AvgIpc) is 2.69. The molecule has 2 aromatic carbocycles. The van der Waals surface area contributed by atoms with E-state index < -0.39 is 22.0 Å². The third-order valence-corrected chi connectivity index (χ3v) is 6.25. The lowest BCUT2D eigenvalue weighted by Crippen LogP contribution is -2.49. The molecule has 1 aliphatic rings. The fourth-order valence-electron chi connectivity index (χ4n) is 3.42. The fourth-order valence-corrected chi connectivity index (χ4v) is 4.37. The first-order valence-corrected chi connectivity index (χ1v) is 10.2. The van der Waals surface area contributed by atoms with Crippen LogP contribution in [0.15, 0.2) is 59.5 Å². The molecule has 1 aliphatic heterocycles. The van der Waals surface area contributed by atoms with Gasteiger partial charge in [-0.3, -0.25) is 9.69 Å². The number of anilines is 1. The molecule has 0 aliphatic carbocycles. The summed E-state index contributed by atoms with van der Waals surface area (Å²) in [5.74, 6) is -0.882. The van der Waals surface area contributed by atoms with Gasteiger partial charge in [0.1, 0.15) is 10.9 Å². The van der Waals surface area contributed by atoms with Gasteiger partial charge < -0.3 is 10.0 Å². The predicted molar refractivity (Wildman–Crippen MR) is 103 cm³/mol. The zero-order chi connectivity index (χ0) is 19.4. The number of hydrogen-bond acceptors (Lipinski definition) is 5. The summed E-state index contributed by atoms with van der Waals surface area (Å²) < 4.78 is 26.9. The minimum absolute atomic E-state index is 0.235. The van der Waals surface area contributed by atoms with E-state index in [1.807, 2.05) is 40.1 Å². The maximum absolute atomic E-state index is 12.3. The summed E-state index contributed by atoms with van der Waals surface area (Å²) in [6, 6.07) is 15.3. The van der Waals surface area contributed by atoms with Crippen molar-refractivity contribution in [3.05, 3.63) is 60.2 Å². The monoisotopic (exact) mass is 389 g/mol. The molecule has 144 valence electrons. The van der Waals surface area contributed by atoms with Gasteiger partial charge in [-0.05, 0) is 24.7 Å². The van der Waals surface area contributed by atoms with E-state index >= 15 is 0 Å². The molecule has 1 fully saturated rings. The number of carboxylic acid groups (broad SMARTS) is 1. The van der Waals surface area contributed by atoms with E-state index in [4.69, 9.17) is 0 Å².